The van der Waals surface area contributed by atoms with Crippen molar-refractivity contribution in [3.63, 3.8) is 0 Å². The summed E-state index contributed by atoms with van der Waals surface area (Å²) < 4.78 is 4.97. The molecule has 0 heterocycles. The molecule has 0 aromatic heterocycles. The van der Waals surface area contributed by atoms with E-state index in [4.69, 9.17) is 4.74 Å². The van der Waals surface area contributed by atoms with E-state index in [0.717, 1.165) is 12.8 Å². The van der Waals surface area contributed by atoms with Gasteiger partial charge in [0.25, 0.3) is 0 Å². The summed E-state index contributed by atoms with van der Waals surface area (Å²) in [5.41, 5.74) is 0. The largest absolute Gasteiger partial charge is 0.463 e. The first-order chi connectivity index (χ1) is 13.3. The molecule has 0 spiro atoms. The van der Waals surface area contributed by atoms with Crippen LogP contribution in [0, 0.1) is 6.92 Å². The highest BCUT2D eigenvalue weighted by Gasteiger charge is 1.97. The van der Waals surface area contributed by atoms with E-state index in [9.17, 15) is 4.79 Å². The summed E-state index contributed by atoms with van der Waals surface area (Å²) in [7, 11) is 0. The Kier molecular flexibility index (Phi) is 22.6. The van der Waals surface area contributed by atoms with Crippen molar-refractivity contribution < 1.29 is 9.53 Å². The second-order valence-electron chi connectivity index (χ2n) is 7.94. The smallest absolute Gasteiger partial charge is 0.330 e. The maximum atomic E-state index is 10.9. The maximum Gasteiger partial charge on any atom is 0.330 e. The lowest BCUT2D eigenvalue weighted by molar-refractivity contribution is -0.137. The molecule has 0 aromatic rings. The SMILES string of the molecule is [CH2]CCCCCCCCCCCCCCCCCCCCCOC(=O)C=C. The summed E-state index contributed by atoms with van der Waals surface area (Å²) in [6.45, 7) is 7.83. The van der Waals surface area contributed by atoms with E-state index in [0.29, 0.717) is 6.61 Å². The molecule has 0 fully saturated rings. The normalized spacial score (nSPS) is 10.9. The van der Waals surface area contributed by atoms with Crippen LogP contribution in [0.15, 0.2) is 12.7 Å². The van der Waals surface area contributed by atoms with E-state index in [-0.39, 0.29) is 5.97 Å². The molecule has 0 amide bonds. The minimum atomic E-state index is -0.300. The van der Waals surface area contributed by atoms with Crippen molar-refractivity contribution >= 4 is 5.97 Å². The molecule has 0 N–H and O–H groups in total. The van der Waals surface area contributed by atoms with E-state index in [2.05, 4.69) is 13.5 Å². The van der Waals surface area contributed by atoms with Gasteiger partial charge in [0.05, 0.1) is 6.61 Å². The summed E-state index contributed by atoms with van der Waals surface area (Å²) in [5.74, 6) is -0.300. The molecule has 0 bridgehead atoms. The first-order valence-electron chi connectivity index (χ1n) is 11.9. The average molecular weight is 380 g/mol. The number of hydrogen-bond donors (Lipinski definition) is 0. The van der Waals surface area contributed by atoms with Gasteiger partial charge in [0.1, 0.15) is 0 Å². The number of hydrogen-bond acceptors (Lipinski definition) is 2. The van der Waals surface area contributed by atoms with Crippen LogP contribution in [0.25, 0.3) is 0 Å². The fourth-order valence-corrected chi connectivity index (χ4v) is 3.52. The zero-order chi connectivity index (χ0) is 19.8. The van der Waals surface area contributed by atoms with Gasteiger partial charge in [-0.25, -0.2) is 4.79 Å². The van der Waals surface area contributed by atoms with Gasteiger partial charge in [0.2, 0.25) is 0 Å². The van der Waals surface area contributed by atoms with Crippen LogP contribution in [-0.2, 0) is 9.53 Å². The minimum Gasteiger partial charge on any atom is -0.463 e. The molecular weight excluding hydrogens is 332 g/mol. The van der Waals surface area contributed by atoms with Crippen LogP contribution in [0.5, 0.6) is 0 Å². The van der Waals surface area contributed by atoms with E-state index in [1.54, 1.807) is 0 Å². The average Bonchev–Trinajstić information content (AvgIpc) is 2.68. The van der Waals surface area contributed by atoms with Gasteiger partial charge in [-0.3, -0.25) is 0 Å². The van der Waals surface area contributed by atoms with Gasteiger partial charge in [-0.05, 0) is 6.42 Å². The third kappa shape index (κ3) is 23.2. The van der Waals surface area contributed by atoms with Crippen LogP contribution in [0.4, 0.5) is 0 Å². The molecular formula is C25H47O2. The molecule has 0 unspecified atom stereocenters. The van der Waals surface area contributed by atoms with Crippen molar-refractivity contribution in [1.29, 1.82) is 0 Å². The summed E-state index contributed by atoms with van der Waals surface area (Å²) in [5, 5.41) is 0. The lowest BCUT2D eigenvalue weighted by atomic mass is 10.0. The molecule has 0 aliphatic carbocycles. The predicted molar refractivity (Wildman–Crippen MR) is 119 cm³/mol. The molecule has 2 heteroatoms. The lowest BCUT2D eigenvalue weighted by Gasteiger charge is -2.04. The number of carbonyl (C=O) groups is 1. The molecule has 2 nitrogen and oxygen atoms in total. The van der Waals surface area contributed by atoms with Crippen LogP contribution in [0.3, 0.4) is 0 Å². The van der Waals surface area contributed by atoms with Crippen LogP contribution in [-0.4, -0.2) is 12.6 Å². The summed E-state index contributed by atoms with van der Waals surface area (Å²) >= 11 is 0. The van der Waals surface area contributed by atoms with Crippen molar-refractivity contribution in [2.24, 2.45) is 0 Å². The molecule has 1 radical (unpaired) electrons. The quantitative estimate of drug-likeness (QED) is 0.107. The maximum absolute atomic E-state index is 10.9. The molecule has 0 saturated heterocycles. The first kappa shape index (κ1) is 26.2. The standard InChI is InChI=1S/C25H47O2/c1-3-5-6-7-8-9-10-11-12-13-14-15-16-17-18-19-20-21-22-23-24-27-25(26)4-2/h4H,1-3,5-24H2. The van der Waals surface area contributed by atoms with Gasteiger partial charge >= 0.3 is 5.97 Å². The highest BCUT2D eigenvalue weighted by molar-refractivity contribution is 5.81. The predicted octanol–water partition coefficient (Wildman–Crippen LogP) is 8.35. The molecule has 27 heavy (non-hydrogen) atoms. The molecule has 0 aromatic carbocycles. The zero-order valence-corrected chi connectivity index (χ0v) is 18.2. The van der Waals surface area contributed by atoms with Gasteiger partial charge in [-0.2, -0.15) is 0 Å². The van der Waals surface area contributed by atoms with Crippen molar-refractivity contribution in [3.05, 3.63) is 19.6 Å². The number of unbranched alkanes of at least 4 members (excludes halogenated alkanes) is 19. The summed E-state index contributed by atoms with van der Waals surface area (Å²) in [6.07, 6.45) is 28.3. The minimum absolute atomic E-state index is 0.300. The molecule has 0 aliphatic heterocycles. The summed E-state index contributed by atoms with van der Waals surface area (Å²) in [6, 6.07) is 0. The number of carbonyl (C=O) groups excluding carboxylic acids is 1. The highest BCUT2D eigenvalue weighted by Crippen LogP contribution is 2.14. The topological polar surface area (TPSA) is 26.3 Å². The van der Waals surface area contributed by atoms with E-state index in [1.165, 1.54) is 122 Å². The lowest BCUT2D eigenvalue weighted by Crippen LogP contribution is -2.01. The van der Waals surface area contributed by atoms with Gasteiger partial charge in [-0.1, -0.05) is 135 Å². The van der Waals surface area contributed by atoms with Crippen LogP contribution < -0.4 is 0 Å². The van der Waals surface area contributed by atoms with Crippen molar-refractivity contribution in [2.75, 3.05) is 6.61 Å². The number of esters is 1. The highest BCUT2D eigenvalue weighted by atomic mass is 16.5. The second-order valence-corrected chi connectivity index (χ2v) is 7.94. The second kappa shape index (κ2) is 23.2. The molecule has 0 saturated carbocycles. The van der Waals surface area contributed by atoms with Gasteiger partial charge in [0, 0.05) is 6.08 Å². The number of rotatable bonds is 22. The fraction of sp³-hybridized carbons (Fsp3) is 0.840. The monoisotopic (exact) mass is 379 g/mol. The Morgan fingerprint density at radius 2 is 0.852 bits per heavy atom. The van der Waals surface area contributed by atoms with E-state index < -0.39 is 0 Å². The Hall–Kier alpha value is -0.790. The Morgan fingerprint density at radius 1 is 0.556 bits per heavy atom. The summed E-state index contributed by atoms with van der Waals surface area (Å²) in [4.78, 5) is 10.9. The first-order valence-corrected chi connectivity index (χ1v) is 11.9. The van der Waals surface area contributed by atoms with Crippen LogP contribution in [0.1, 0.15) is 128 Å². The third-order valence-corrected chi connectivity index (χ3v) is 5.31. The van der Waals surface area contributed by atoms with Crippen LogP contribution >= 0.6 is 0 Å². The van der Waals surface area contributed by atoms with Gasteiger partial charge < -0.3 is 4.74 Å². The molecule has 0 rings (SSSR count). The Morgan fingerprint density at radius 3 is 1.15 bits per heavy atom. The number of ether oxygens (including phenoxy) is 1. The third-order valence-electron chi connectivity index (χ3n) is 5.31. The Bertz CT molecular complexity index is 311. The van der Waals surface area contributed by atoms with Crippen LogP contribution in [0.2, 0.25) is 0 Å². The van der Waals surface area contributed by atoms with Crippen molar-refractivity contribution in [3.8, 4) is 0 Å². The van der Waals surface area contributed by atoms with Gasteiger partial charge in [0.15, 0.2) is 0 Å². The van der Waals surface area contributed by atoms with Crippen molar-refractivity contribution in [1.82, 2.24) is 0 Å². The molecule has 0 aliphatic rings. The molecule has 159 valence electrons. The van der Waals surface area contributed by atoms with E-state index >= 15 is 0 Å². The van der Waals surface area contributed by atoms with E-state index in [1.807, 2.05) is 0 Å². The zero-order valence-electron chi connectivity index (χ0n) is 18.2. The van der Waals surface area contributed by atoms with Gasteiger partial charge in [-0.15, -0.1) is 0 Å². The Labute approximate surface area is 170 Å². The Balaban J connectivity index is 3.01. The molecule has 0 atom stereocenters. The fourth-order valence-electron chi connectivity index (χ4n) is 3.52. The van der Waals surface area contributed by atoms with Crippen molar-refractivity contribution in [2.45, 2.75) is 128 Å².